The molecule has 0 aliphatic heterocycles. The van der Waals surface area contributed by atoms with Crippen molar-refractivity contribution in [3.63, 3.8) is 0 Å². The Bertz CT molecular complexity index is 638. The lowest BCUT2D eigenvalue weighted by Gasteiger charge is -2.15. The molecule has 0 atom stereocenters. The molecule has 0 bridgehead atoms. The van der Waals surface area contributed by atoms with Crippen molar-refractivity contribution in [2.24, 2.45) is 0 Å². The number of halogens is 3. The Morgan fingerprint density at radius 3 is 2.48 bits per heavy atom. The van der Waals surface area contributed by atoms with Crippen LogP contribution in [0.3, 0.4) is 0 Å². The molecule has 23 heavy (non-hydrogen) atoms. The van der Waals surface area contributed by atoms with Crippen molar-refractivity contribution in [2.45, 2.75) is 25.9 Å². The fraction of sp³-hybridized carbons (Fsp3) is 0.333. The van der Waals surface area contributed by atoms with Crippen molar-refractivity contribution in [3.8, 4) is 5.75 Å². The molecule has 2 nitrogen and oxygen atoms in total. The van der Waals surface area contributed by atoms with Crippen LogP contribution in [0, 0.1) is 0 Å². The van der Waals surface area contributed by atoms with E-state index < -0.39 is 11.7 Å². The highest BCUT2D eigenvalue weighted by molar-refractivity contribution is 5.46. The molecule has 2 aromatic rings. The molecular formula is C18H20F3NO. The molecule has 1 N–H and O–H groups in total. The van der Waals surface area contributed by atoms with Gasteiger partial charge in [-0.2, -0.15) is 13.2 Å². The topological polar surface area (TPSA) is 21.3 Å². The zero-order valence-corrected chi connectivity index (χ0v) is 13.2. The van der Waals surface area contributed by atoms with Crippen LogP contribution in [-0.2, 0) is 6.18 Å². The first-order valence-corrected chi connectivity index (χ1v) is 7.51. The molecule has 0 radical (unpaired) electrons. The van der Waals surface area contributed by atoms with E-state index in [1.165, 1.54) is 6.07 Å². The van der Waals surface area contributed by atoms with E-state index in [-0.39, 0.29) is 0 Å². The smallest absolute Gasteiger partial charge is 0.416 e. The van der Waals surface area contributed by atoms with Gasteiger partial charge in [-0.25, -0.2) is 0 Å². The third-order valence-corrected chi connectivity index (χ3v) is 3.42. The first-order chi connectivity index (χ1) is 10.9. The van der Waals surface area contributed by atoms with Gasteiger partial charge in [0.05, 0.1) is 5.56 Å². The summed E-state index contributed by atoms with van der Waals surface area (Å²) < 4.78 is 43.7. The van der Waals surface area contributed by atoms with Crippen LogP contribution in [0.4, 0.5) is 18.9 Å². The molecule has 0 aromatic heterocycles. The molecule has 0 spiro atoms. The number of hydrogen-bond donors (Lipinski definition) is 1. The molecule has 0 unspecified atom stereocenters. The quantitative estimate of drug-likeness (QED) is 0.727. The van der Waals surface area contributed by atoms with Gasteiger partial charge in [0, 0.05) is 12.2 Å². The standard InChI is InChI=1S/C18H20F3NO/c1-13(2)16-8-3-4-9-17(16)23-11-10-22-15-7-5-6-14(12-15)18(19,20)21/h3-9,12-13,22H,10-11H2,1-2H3. The summed E-state index contributed by atoms with van der Waals surface area (Å²) in [4.78, 5) is 0. The fourth-order valence-corrected chi connectivity index (χ4v) is 2.25. The first-order valence-electron chi connectivity index (χ1n) is 7.51. The Morgan fingerprint density at radius 2 is 1.78 bits per heavy atom. The summed E-state index contributed by atoms with van der Waals surface area (Å²) >= 11 is 0. The summed E-state index contributed by atoms with van der Waals surface area (Å²) in [5.41, 5.74) is 0.890. The van der Waals surface area contributed by atoms with E-state index in [1.54, 1.807) is 6.07 Å². The molecule has 124 valence electrons. The number of para-hydroxylation sites is 1. The van der Waals surface area contributed by atoms with Crippen molar-refractivity contribution in [1.29, 1.82) is 0 Å². The molecule has 0 saturated heterocycles. The highest BCUT2D eigenvalue weighted by atomic mass is 19.4. The summed E-state index contributed by atoms with van der Waals surface area (Å²) in [5, 5.41) is 2.95. The van der Waals surface area contributed by atoms with Gasteiger partial charge in [0.15, 0.2) is 0 Å². The number of rotatable bonds is 6. The van der Waals surface area contributed by atoms with E-state index in [0.29, 0.717) is 24.8 Å². The third-order valence-electron chi connectivity index (χ3n) is 3.42. The third kappa shape index (κ3) is 4.91. The van der Waals surface area contributed by atoms with Gasteiger partial charge < -0.3 is 10.1 Å². The Labute approximate surface area is 134 Å². The number of alkyl halides is 3. The Hall–Kier alpha value is -2.17. The fourth-order valence-electron chi connectivity index (χ4n) is 2.25. The van der Waals surface area contributed by atoms with Gasteiger partial charge >= 0.3 is 6.18 Å². The molecule has 0 amide bonds. The first kappa shape index (κ1) is 17.2. The Balaban J connectivity index is 1.89. The second-order valence-corrected chi connectivity index (χ2v) is 5.55. The number of anilines is 1. The van der Waals surface area contributed by atoms with Gasteiger partial charge in [0.2, 0.25) is 0 Å². The normalized spacial score (nSPS) is 11.6. The van der Waals surface area contributed by atoms with E-state index in [2.05, 4.69) is 19.2 Å². The molecule has 2 rings (SSSR count). The maximum atomic E-state index is 12.6. The van der Waals surface area contributed by atoms with E-state index in [9.17, 15) is 13.2 Å². The number of nitrogens with one attached hydrogen (secondary N) is 1. The second kappa shape index (κ2) is 7.40. The maximum Gasteiger partial charge on any atom is 0.416 e. The zero-order chi connectivity index (χ0) is 16.9. The van der Waals surface area contributed by atoms with Crippen LogP contribution in [-0.4, -0.2) is 13.2 Å². The van der Waals surface area contributed by atoms with Crippen LogP contribution in [0.25, 0.3) is 0 Å². The predicted octanol–water partition coefficient (Wildman–Crippen LogP) is 5.32. The Morgan fingerprint density at radius 1 is 1.04 bits per heavy atom. The summed E-state index contributed by atoms with van der Waals surface area (Å²) in [6.07, 6.45) is -4.33. The molecule has 0 aliphatic carbocycles. The number of ether oxygens (including phenoxy) is 1. The molecule has 0 saturated carbocycles. The van der Waals surface area contributed by atoms with Gasteiger partial charge in [0.25, 0.3) is 0 Å². The molecule has 0 fully saturated rings. The number of benzene rings is 2. The summed E-state index contributed by atoms with van der Waals surface area (Å²) in [6, 6.07) is 12.9. The van der Waals surface area contributed by atoms with E-state index in [0.717, 1.165) is 23.4 Å². The summed E-state index contributed by atoms with van der Waals surface area (Å²) in [5.74, 6) is 1.16. The van der Waals surface area contributed by atoms with E-state index >= 15 is 0 Å². The highest BCUT2D eigenvalue weighted by Crippen LogP contribution is 2.30. The van der Waals surface area contributed by atoms with Crippen molar-refractivity contribution in [1.82, 2.24) is 0 Å². The molecule has 0 heterocycles. The zero-order valence-electron chi connectivity index (χ0n) is 13.2. The second-order valence-electron chi connectivity index (χ2n) is 5.55. The average Bonchev–Trinajstić information content (AvgIpc) is 2.51. The SMILES string of the molecule is CC(C)c1ccccc1OCCNc1cccc(C(F)(F)F)c1. The minimum absolute atomic E-state index is 0.350. The van der Waals surface area contributed by atoms with Crippen LogP contribution in [0.5, 0.6) is 5.75 Å². The lowest BCUT2D eigenvalue weighted by atomic mass is 10.0. The van der Waals surface area contributed by atoms with Gasteiger partial charge in [-0.15, -0.1) is 0 Å². The lowest BCUT2D eigenvalue weighted by Crippen LogP contribution is -2.13. The monoisotopic (exact) mass is 323 g/mol. The predicted molar refractivity (Wildman–Crippen MR) is 86.0 cm³/mol. The molecule has 2 aromatic carbocycles. The van der Waals surface area contributed by atoms with Crippen LogP contribution in [0.1, 0.15) is 30.9 Å². The lowest BCUT2D eigenvalue weighted by molar-refractivity contribution is -0.137. The molecule has 0 aliphatic rings. The van der Waals surface area contributed by atoms with E-state index in [4.69, 9.17) is 4.74 Å². The van der Waals surface area contributed by atoms with Crippen molar-refractivity contribution < 1.29 is 17.9 Å². The van der Waals surface area contributed by atoms with Crippen LogP contribution >= 0.6 is 0 Å². The van der Waals surface area contributed by atoms with E-state index in [1.807, 2.05) is 24.3 Å². The minimum Gasteiger partial charge on any atom is -0.491 e. The van der Waals surface area contributed by atoms with Crippen molar-refractivity contribution in [3.05, 3.63) is 59.7 Å². The van der Waals surface area contributed by atoms with Crippen LogP contribution in [0.15, 0.2) is 48.5 Å². The Kier molecular flexibility index (Phi) is 5.53. The van der Waals surface area contributed by atoms with Crippen molar-refractivity contribution in [2.75, 3.05) is 18.5 Å². The average molecular weight is 323 g/mol. The van der Waals surface area contributed by atoms with Crippen molar-refractivity contribution >= 4 is 5.69 Å². The van der Waals surface area contributed by atoms with Gasteiger partial charge in [-0.1, -0.05) is 38.1 Å². The maximum absolute atomic E-state index is 12.6. The van der Waals surface area contributed by atoms with Gasteiger partial charge in [-0.05, 0) is 35.7 Å². The summed E-state index contributed by atoms with van der Waals surface area (Å²) in [7, 11) is 0. The molecule has 5 heteroatoms. The largest absolute Gasteiger partial charge is 0.491 e. The number of hydrogen-bond acceptors (Lipinski definition) is 2. The van der Waals surface area contributed by atoms with Gasteiger partial charge in [-0.3, -0.25) is 0 Å². The van der Waals surface area contributed by atoms with Crippen LogP contribution < -0.4 is 10.1 Å². The van der Waals surface area contributed by atoms with Crippen LogP contribution in [0.2, 0.25) is 0 Å². The summed E-state index contributed by atoms with van der Waals surface area (Å²) in [6.45, 7) is 4.97. The van der Waals surface area contributed by atoms with Gasteiger partial charge in [0.1, 0.15) is 12.4 Å². The highest BCUT2D eigenvalue weighted by Gasteiger charge is 2.30. The minimum atomic E-state index is -4.33. The molecular weight excluding hydrogens is 303 g/mol.